The predicted molar refractivity (Wildman–Crippen MR) is 79.1 cm³/mol. The fraction of sp³-hybridized carbons (Fsp3) is 0.375. The summed E-state index contributed by atoms with van der Waals surface area (Å²) >= 11 is 0. The number of hydrogen-bond acceptors (Lipinski definition) is 2. The van der Waals surface area contributed by atoms with Crippen LogP contribution in [-0.4, -0.2) is 27.0 Å². The molecule has 0 unspecified atom stereocenters. The molecule has 1 aromatic carbocycles. The van der Waals surface area contributed by atoms with Crippen molar-refractivity contribution in [3.8, 4) is 11.1 Å². The van der Waals surface area contributed by atoms with Crippen molar-refractivity contribution in [1.82, 2.24) is 9.78 Å². The summed E-state index contributed by atoms with van der Waals surface area (Å²) in [7, 11) is 1.64. The van der Waals surface area contributed by atoms with Crippen LogP contribution >= 0.6 is 0 Å². The van der Waals surface area contributed by atoms with Crippen LogP contribution in [0.25, 0.3) is 11.1 Å². The summed E-state index contributed by atoms with van der Waals surface area (Å²) in [6.07, 6.45) is -3.06. The Hall–Kier alpha value is -2.31. The quantitative estimate of drug-likeness (QED) is 0.935. The van der Waals surface area contributed by atoms with E-state index in [1.54, 1.807) is 19.3 Å². The molecule has 0 saturated carbocycles. The lowest BCUT2D eigenvalue weighted by Crippen LogP contribution is -2.36. The minimum atomic E-state index is -4.38. The minimum Gasteiger partial charge on any atom is -0.481 e. The molecule has 0 saturated heterocycles. The van der Waals surface area contributed by atoms with Crippen LogP contribution in [-0.2, 0) is 23.7 Å². The molecule has 0 atom stereocenters. The van der Waals surface area contributed by atoms with Gasteiger partial charge < -0.3 is 5.11 Å². The van der Waals surface area contributed by atoms with E-state index in [2.05, 4.69) is 5.10 Å². The first-order valence-corrected chi connectivity index (χ1v) is 6.94. The first kappa shape index (κ1) is 17.1. The van der Waals surface area contributed by atoms with Gasteiger partial charge in [0.2, 0.25) is 0 Å². The second kappa shape index (κ2) is 5.72. The second-order valence-corrected chi connectivity index (χ2v) is 5.94. The van der Waals surface area contributed by atoms with Crippen LogP contribution < -0.4 is 0 Å². The maximum Gasteiger partial charge on any atom is 0.397 e. The Morgan fingerprint density at radius 1 is 1.30 bits per heavy atom. The number of nitrogens with zero attached hydrogens (tertiary/aromatic N) is 2. The van der Waals surface area contributed by atoms with Gasteiger partial charge in [0.25, 0.3) is 0 Å². The molecule has 0 aliphatic heterocycles. The Bertz CT molecular complexity index is 733. The van der Waals surface area contributed by atoms with Crippen LogP contribution in [0.4, 0.5) is 13.2 Å². The van der Waals surface area contributed by atoms with Crippen molar-refractivity contribution in [2.24, 2.45) is 7.05 Å². The monoisotopic (exact) mass is 326 g/mol. The number of aryl methyl sites for hydroxylation is 1. The number of carbonyl (C=O) groups is 1. The Morgan fingerprint density at radius 2 is 1.96 bits per heavy atom. The van der Waals surface area contributed by atoms with Crippen molar-refractivity contribution in [2.75, 3.05) is 0 Å². The number of benzene rings is 1. The van der Waals surface area contributed by atoms with Gasteiger partial charge in [-0.05, 0) is 25.0 Å². The number of alkyl halides is 3. The van der Waals surface area contributed by atoms with Crippen LogP contribution in [0.5, 0.6) is 0 Å². The number of halogens is 3. The third kappa shape index (κ3) is 3.38. The smallest absolute Gasteiger partial charge is 0.397 e. The normalized spacial score (nSPS) is 12.4. The first-order chi connectivity index (χ1) is 10.5. The molecule has 0 amide bonds. The lowest BCUT2D eigenvalue weighted by molar-refractivity contribution is -0.180. The Kier molecular flexibility index (Phi) is 4.24. The first-order valence-electron chi connectivity index (χ1n) is 6.94. The zero-order chi connectivity index (χ0) is 17.4. The van der Waals surface area contributed by atoms with Crippen LogP contribution in [0.3, 0.4) is 0 Å². The maximum absolute atomic E-state index is 13.2. The Morgan fingerprint density at radius 3 is 2.52 bits per heavy atom. The van der Waals surface area contributed by atoms with Gasteiger partial charge in [0.15, 0.2) is 0 Å². The molecule has 0 radical (unpaired) electrons. The number of aliphatic carboxylic acids is 1. The number of hydrogen-bond donors (Lipinski definition) is 1. The molecule has 1 N–H and O–H groups in total. The molecule has 0 aliphatic rings. The van der Waals surface area contributed by atoms with Crippen molar-refractivity contribution in [3.63, 3.8) is 0 Å². The van der Waals surface area contributed by atoms with Crippen molar-refractivity contribution in [3.05, 3.63) is 41.7 Å². The molecule has 2 rings (SSSR count). The number of carboxylic acids is 1. The third-order valence-electron chi connectivity index (χ3n) is 3.83. The highest BCUT2D eigenvalue weighted by molar-refractivity contribution is 5.75. The molecular formula is C16H17F3N2O2. The molecule has 0 bridgehead atoms. The topological polar surface area (TPSA) is 55.1 Å². The van der Waals surface area contributed by atoms with E-state index in [0.29, 0.717) is 16.8 Å². The van der Waals surface area contributed by atoms with E-state index in [-0.39, 0.29) is 12.0 Å². The standard InChI is InChI=1S/C16H17F3N2O2/c1-15(2,16(17,18)19)11-6-4-5-10(7-11)12-9-21(3)20-13(12)8-14(22)23/h4-7,9H,8H2,1-3H3,(H,22,23). The molecule has 2 aromatic rings. The van der Waals surface area contributed by atoms with Crippen LogP contribution in [0.2, 0.25) is 0 Å². The summed E-state index contributed by atoms with van der Waals surface area (Å²) in [6.45, 7) is 2.24. The van der Waals surface area contributed by atoms with Crippen LogP contribution in [0.15, 0.2) is 30.5 Å². The molecule has 1 aromatic heterocycles. The van der Waals surface area contributed by atoms with Gasteiger partial charge in [0, 0.05) is 18.8 Å². The maximum atomic E-state index is 13.2. The molecule has 1 heterocycles. The average Bonchev–Trinajstić information content (AvgIpc) is 2.77. The SMILES string of the molecule is Cn1cc(-c2cccc(C(C)(C)C(F)(F)F)c2)c(CC(=O)O)n1. The van der Waals surface area contributed by atoms with Gasteiger partial charge in [-0.3, -0.25) is 9.48 Å². The lowest BCUT2D eigenvalue weighted by Gasteiger charge is -2.28. The van der Waals surface area contributed by atoms with Gasteiger partial charge in [-0.25, -0.2) is 0 Å². The van der Waals surface area contributed by atoms with E-state index in [4.69, 9.17) is 5.11 Å². The summed E-state index contributed by atoms with van der Waals surface area (Å²) in [5.74, 6) is -1.04. The molecule has 0 aliphatic carbocycles. The van der Waals surface area contributed by atoms with Gasteiger partial charge in [-0.15, -0.1) is 0 Å². The fourth-order valence-electron chi connectivity index (χ4n) is 2.29. The fourth-order valence-corrected chi connectivity index (χ4v) is 2.29. The van der Waals surface area contributed by atoms with Crippen LogP contribution in [0.1, 0.15) is 25.1 Å². The second-order valence-electron chi connectivity index (χ2n) is 5.94. The van der Waals surface area contributed by atoms with Crippen LogP contribution in [0, 0.1) is 0 Å². The van der Waals surface area contributed by atoms with Gasteiger partial charge in [-0.2, -0.15) is 18.3 Å². The third-order valence-corrected chi connectivity index (χ3v) is 3.83. The summed E-state index contributed by atoms with van der Waals surface area (Å²) in [5, 5.41) is 13.0. The molecule has 0 fully saturated rings. The Labute approximate surface area is 131 Å². The Balaban J connectivity index is 2.51. The highest BCUT2D eigenvalue weighted by Gasteiger charge is 2.48. The van der Waals surface area contributed by atoms with Gasteiger partial charge >= 0.3 is 12.1 Å². The number of rotatable bonds is 4. The molecule has 4 nitrogen and oxygen atoms in total. The van der Waals surface area contributed by atoms with Crippen molar-refractivity contribution in [2.45, 2.75) is 31.9 Å². The zero-order valence-corrected chi connectivity index (χ0v) is 13.0. The molecule has 23 heavy (non-hydrogen) atoms. The van der Waals surface area contributed by atoms with E-state index in [1.165, 1.54) is 22.9 Å². The van der Waals surface area contributed by atoms with Crippen molar-refractivity contribution >= 4 is 5.97 Å². The summed E-state index contributed by atoms with van der Waals surface area (Å²) in [6, 6.07) is 6.05. The van der Waals surface area contributed by atoms with E-state index in [0.717, 1.165) is 13.8 Å². The molecular weight excluding hydrogens is 309 g/mol. The number of aromatic nitrogens is 2. The van der Waals surface area contributed by atoms with Gasteiger partial charge in [0.1, 0.15) is 0 Å². The highest BCUT2D eigenvalue weighted by atomic mass is 19.4. The van der Waals surface area contributed by atoms with E-state index >= 15 is 0 Å². The predicted octanol–water partition coefficient (Wildman–Crippen LogP) is 3.55. The van der Waals surface area contributed by atoms with E-state index < -0.39 is 17.6 Å². The summed E-state index contributed by atoms with van der Waals surface area (Å²) in [5.41, 5.74) is -0.522. The molecule has 7 heteroatoms. The zero-order valence-electron chi connectivity index (χ0n) is 13.0. The largest absolute Gasteiger partial charge is 0.481 e. The highest BCUT2D eigenvalue weighted by Crippen LogP contribution is 2.41. The van der Waals surface area contributed by atoms with Gasteiger partial charge in [-0.1, -0.05) is 24.3 Å². The van der Waals surface area contributed by atoms with Crippen molar-refractivity contribution in [1.29, 1.82) is 0 Å². The lowest BCUT2D eigenvalue weighted by atomic mass is 9.82. The van der Waals surface area contributed by atoms with Crippen molar-refractivity contribution < 1.29 is 23.1 Å². The number of carboxylic acid groups (broad SMARTS) is 1. The summed E-state index contributed by atoms with van der Waals surface area (Å²) in [4.78, 5) is 10.9. The summed E-state index contributed by atoms with van der Waals surface area (Å²) < 4.78 is 41.1. The molecule has 0 spiro atoms. The van der Waals surface area contributed by atoms with E-state index in [1.807, 2.05) is 0 Å². The minimum absolute atomic E-state index is 0.118. The van der Waals surface area contributed by atoms with E-state index in [9.17, 15) is 18.0 Å². The van der Waals surface area contributed by atoms with Gasteiger partial charge in [0.05, 0.1) is 17.5 Å². The molecule has 124 valence electrons. The average molecular weight is 326 g/mol.